The van der Waals surface area contributed by atoms with Crippen LogP contribution < -0.4 is 0 Å². The first kappa shape index (κ1) is 13.2. The average Bonchev–Trinajstić information content (AvgIpc) is 3.30. The van der Waals surface area contributed by atoms with E-state index < -0.39 is 0 Å². The summed E-state index contributed by atoms with van der Waals surface area (Å²) in [6.07, 6.45) is 2.48. The van der Waals surface area contributed by atoms with Gasteiger partial charge in [-0.1, -0.05) is 47.7 Å². The lowest BCUT2D eigenvalue weighted by atomic mass is 10.1. The summed E-state index contributed by atoms with van der Waals surface area (Å²) in [5.41, 5.74) is 3.36. The largest absolute Gasteiger partial charge is 0.361 e. The number of hydrogen-bond donors (Lipinski definition) is 0. The highest BCUT2D eigenvalue weighted by molar-refractivity contribution is 5.73. The fourth-order valence-corrected chi connectivity index (χ4v) is 3.95. The van der Waals surface area contributed by atoms with Crippen LogP contribution in [0.2, 0.25) is 0 Å². The summed E-state index contributed by atoms with van der Waals surface area (Å²) in [4.78, 5) is 2.47. The predicted molar refractivity (Wildman–Crippen MR) is 86.6 cm³/mol. The molecule has 116 valence electrons. The predicted octanol–water partition coefficient (Wildman–Crippen LogP) is 3.12. The summed E-state index contributed by atoms with van der Waals surface area (Å²) in [7, 11) is 0. The molecule has 2 saturated heterocycles. The van der Waals surface area contributed by atoms with Gasteiger partial charge in [-0.2, -0.15) is 0 Å². The summed E-state index contributed by atoms with van der Waals surface area (Å²) >= 11 is 0. The second-order valence-electron chi connectivity index (χ2n) is 6.24. The normalized spacial score (nSPS) is 27.6. The molecule has 0 N–H and O–H groups in total. The van der Waals surface area contributed by atoms with Crippen molar-refractivity contribution in [1.82, 2.24) is 19.9 Å². The van der Waals surface area contributed by atoms with Crippen LogP contribution in [0.15, 0.2) is 54.6 Å². The van der Waals surface area contributed by atoms with Gasteiger partial charge in [0.2, 0.25) is 0 Å². The van der Waals surface area contributed by atoms with Crippen molar-refractivity contribution in [3.63, 3.8) is 0 Å². The Morgan fingerprint density at radius 2 is 1.78 bits per heavy atom. The van der Waals surface area contributed by atoms with Crippen molar-refractivity contribution in [3.05, 3.63) is 60.2 Å². The summed E-state index contributed by atoms with van der Waals surface area (Å²) in [6.45, 7) is 0.748. The molecule has 3 aromatic rings. The van der Waals surface area contributed by atoms with E-state index >= 15 is 0 Å². The van der Waals surface area contributed by atoms with Gasteiger partial charge in [-0.3, -0.25) is 0 Å². The van der Waals surface area contributed by atoms with Crippen molar-refractivity contribution in [2.75, 3.05) is 6.61 Å². The van der Waals surface area contributed by atoms with E-state index in [1.54, 1.807) is 0 Å². The molecule has 3 atom stereocenters. The SMILES string of the molecule is c1ccc([C@@H]2CO[C@H]3CC[C@H](n4nnc5ccccc54)N32)cc1. The number of para-hydroxylation sites is 1. The smallest absolute Gasteiger partial charge is 0.113 e. The second kappa shape index (κ2) is 5.15. The third-order valence-corrected chi connectivity index (χ3v) is 5.00. The first-order valence-corrected chi connectivity index (χ1v) is 8.16. The molecular weight excluding hydrogens is 288 g/mol. The second-order valence-corrected chi connectivity index (χ2v) is 6.24. The van der Waals surface area contributed by atoms with Crippen LogP contribution in [-0.4, -0.2) is 32.7 Å². The van der Waals surface area contributed by atoms with Gasteiger partial charge in [-0.25, -0.2) is 9.58 Å². The van der Waals surface area contributed by atoms with Gasteiger partial charge in [0.05, 0.1) is 18.2 Å². The number of hydrogen-bond acceptors (Lipinski definition) is 4. The Hall–Kier alpha value is -2.24. The van der Waals surface area contributed by atoms with Crippen molar-refractivity contribution in [3.8, 4) is 0 Å². The van der Waals surface area contributed by atoms with Gasteiger partial charge in [0.1, 0.15) is 17.9 Å². The molecule has 2 fully saturated rings. The minimum Gasteiger partial charge on any atom is -0.361 e. The van der Waals surface area contributed by atoms with Crippen LogP contribution in [0.4, 0.5) is 0 Å². The maximum absolute atomic E-state index is 6.05. The van der Waals surface area contributed by atoms with Crippen molar-refractivity contribution in [1.29, 1.82) is 0 Å². The van der Waals surface area contributed by atoms with E-state index in [0.29, 0.717) is 0 Å². The van der Waals surface area contributed by atoms with Gasteiger partial charge in [0.25, 0.3) is 0 Å². The van der Waals surface area contributed by atoms with E-state index in [-0.39, 0.29) is 18.4 Å². The fraction of sp³-hybridized carbons (Fsp3) is 0.333. The Balaban J connectivity index is 1.56. The van der Waals surface area contributed by atoms with Crippen molar-refractivity contribution in [2.45, 2.75) is 31.3 Å². The Kier molecular flexibility index (Phi) is 2.96. The standard InChI is InChI=1S/C18H18N4O/c1-2-6-13(7-3-1)16-12-23-18-11-10-17(21(16)18)22-15-9-5-4-8-14(15)19-20-22/h1-9,16-18H,10-12H2/t16-,17-,18-/m0/s1. The Bertz CT molecular complexity index is 831. The molecule has 0 saturated carbocycles. The average molecular weight is 306 g/mol. The highest BCUT2D eigenvalue weighted by atomic mass is 16.5. The van der Waals surface area contributed by atoms with Gasteiger partial charge in [-0.05, 0) is 30.5 Å². The first-order valence-electron chi connectivity index (χ1n) is 8.16. The number of benzene rings is 2. The summed E-state index contributed by atoms with van der Waals surface area (Å²) in [6, 6.07) is 19.1. The molecule has 5 rings (SSSR count). The Morgan fingerprint density at radius 1 is 0.957 bits per heavy atom. The highest BCUT2D eigenvalue weighted by Crippen LogP contribution is 2.44. The molecule has 5 heteroatoms. The zero-order valence-corrected chi connectivity index (χ0v) is 12.7. The molecule has 0 unspecified atom stereocenters. The molecule has 23 heavy (non-hydrogen) atoms. The fourth-order valence-electron chi connectivity index (χ4n) is 3.95. The van der Waals surface area contributed by atoms with Crippen LogP contribution in [-0.2, 0) is 4.74 Å². The number of rotatable bonds is 2. The zero-order valence-electron chi connectivity index (χ0n) is 12.7. The number of nitrogens with zero attached hydrogens (tertiary/aromatic N) is 4. The maximum atomic E-state index is 6.05. The van der Waals surface area contributed by atoms with E-state index in [1.165, 1.54) is 5.56 Å². The molecule has 3 heterocycles. The lowest BCUT2D eigenvalue weighted by Gasteiger charge is -2.29. The van der Waals surface area contributed by atoms with Gasteiger partial charge in [0, 0.05) is 0 Å². The van der Waals surface area contributed by atoms with Crippen molar-refractivity contribution in [2.24, 2.45) is 0 Å². The molecule has 0 amide bonds. The molecule has 0 radical (unpaired) electrons. The van der Waals surface area contributed by atoms with Gasteiger partial charge in [-0.15, -0.1) is 5.10 Å². The molecule has 2 aliphatic heterocycles. The van der Waals surface area contributed by atoms with Crippen LogP contribution >= 0.6 is 0 Å². The quantitative estimate of drug-likeness (QED) is 0.729. The minimum absolute atomic E-state index is 0.188. The van der Waals surface area contributed by atoms with E-state index in [0.717, 1.165) is 30.5 Å². The maximum Gasteiger partial charge on any atom is 0.113 e. The molecule has 2 aliphatic rings. The van der Waals surface area contributed by atoms with Crippen LogP contribution in [0.3, 0.4) is 0 Å². The van der Waals surface area contributed by atoms with Crippen LogP contribution in [0.1, 0.15) is 30.6 Å². The lowest BCUT2D eigenvalue weighted by molar-refractivity contribution is 0.0307. The Labute approximate surface area is 134 Å². The van der Waals surface area contributed by atoms with E-state index in [4.69, 9.17) is 4.74 Å². The topological polar surface area (TPSA) is 43.2 Å². The van der Waals surface area contributed by atoms with Gasteiger partial charge >= 0.3 is 0 Å². The number of fused-ring (bicyclic) bond motifs is 2. The van der Waals surface area contributed by atoms with E-state index in [1.807, 2.05) is 18.2 Å². The minimum atomic E-state index is 0.188. The molecular formula is C18H18N4O. The molecule has 1 aromatic heterocycles. The highest BCUT2D eigenvalue weighted by Gasteiger charge is 2.45. The van der Waals surface area contributed by atoms with Crippen LogP contribution in [0.25, 0.3) is 11.0 Å². The third kappa shape index (κ3) is 2.00. The van der Waals surface area contributed by atoms with Gasteiger partial charge in [0.15, 0.2) is 0 Å². The third-order valence-electron chi connectivity index (χ3n) is 5.00. The zero-order chi connectivity index (χ0) is 15.2. The Morgan fingerprint density at radius 3 is 2.70 bits per heavy atom. The molecule has 0 aliphatic carbocycles. The van der Waals surface area contributed by atoms with E-state index in [9.17, 15) is 0 Å². The van der Waals surface area contributed by atoms with E-state index in [2.05, 4.69) is 56.3 Å². The molecule has 2 aromatic carbocycles. The summed E-state index contributed by atoms with van der Waals surface area (Å²) in [5, 5.41) is 8.76. The summed E-state index contributed by atoms with van der Waals surface area (Å²) in [5.74, 6) is 0. The number of aromatic nitrogens is 3. The van der Waals surface area contributed by atoms with Crippen LogP contribution in [0, 0.1) is 0 Å². The van der Waals surface area contributed by atoms with Crippen molar-refractivity contribution < 1.29 is 4.74 Å². The molecule has 5 nitrogen and oxygen atoms in total. The first-order chi connectivity index (χ1) is 11.4. The lowest BCUT2D eigenvalue weighted by Crippen LogP contribution is -2.33. The molecule has 0 bridgehead atoms. The summed E-state index contributed by atoms with van der Waals surface area (Å²) < 4.78 is 8.12. The van der Waals surface area contributed by atoms with Crippen LogP contribution in [0.5, 0.6) is 0 Å². The number of ether oxygens (including phenoxy) is 1. The molecule has 0 spiro atoms. The monoisotopic (exact) mass is 306 g/mol. The van der Waals surface area contributed by atoms with Crippen molar-refractivity contribution >= 4 is 11.0 Å². The van der Waals surface area contributed by atoms with Gasteiger partial charge < -0.3 is 4.74 Å².